The Morgan fingerprint density at radius 2 is 1.81 bits per heavy atom. The van der Waals surface area contributed by atoms with E-state index in [1.807, 2.05) is 61.5 Å². The first-order valence-electron chi connectivity index (χ1n) is 10.6. The van der Waals surface area contributed by atoms with Gasteiger partial charge in [-0.2, -0.15) is 0 Å². The van der Waals surface area contributed by atoms with Crippen molar-refractivity contribution in [3.05, 3.63) is 83.5 Å². The average Bonchev–Trinajstić information content (AvgIpc) is 3.33. The summed E-state index contributed by atoms with van der Waals surface area (Å²) in [5.74, 6) is 1.84. The molecule has 164 valence electrons. The number of carbonyl (C=O) groups excluding carboxylic acids is 2. The Labute approximate surface area is 186 Å². The van der Waals surface area contributed by atoms with Crippen molar-refractivity contribution in [3.63, 3.8) is 0 Å². The van der Waals surface area contributed by atoms with E-state index in [0.717, 1.165) is 35.6 Å². The summed E-state index contributed by atoms with van der Waals surface area (Å²) in [4.78, 5) is 27.0. The molecule has 0 radical (unpaired) electrons. The predicted molar refractivity (Wildman–Crippen MR) is 118 cm³/mol. The van der Waals surface area contributed by atoms with Crippen LogP contribution in [0.1, 0.15) is 29.9 Å². The van der Waals surface area contributed by atoms with Crippen molar-refractivity contribution in [1.29, 1.82) is 0 Å². The number of hydrogen-bond acceptors (Lipinski definition) is 6. The molecule has 32 heavy (non-hydrogen) atoms. The number of benzene rings is 2. The molecule has 7 nitrogen and oxygen atoms in total. The molecule has 0 saturated carbocycles. The molecule has 7 heteroatoms. The van der Waals surface area contributed by atoms with Crippen LogP contribution in [0.5, 0.6) is 5.75 Å². The normalized spacial score (nSPS) is 14.5. The summed E-state index contributed by atoms with van der Waals surface area (Å²) in [5, 5.41) is 2.08. The minimum Gasteiger partial charge on any atom is -0.493 e. The molecule has 1 N–H and O–H groups in total. The molecule has 3 aromatic rings. The van der Waals surface area contributed by atoms with Gasteiger partial charge in [0.1, 0.15) is 11.5 Å². The highest BCUT2D eigenvalue weighted by Crippen LogP contribution is 2.22. The van der Waals surface area contributed by atoms with Gasteiger partial charge in [-0.05, 0) is 62.1 Å². The molecule has 0 bridgehead atoms. The second-order valence-corrected chi connectivity index (χ2v) is 7.43. The fraction of sp³-hybridized carbons (Fsp3) is 0.240. The number of unbranched alkanes of at least 4 members (excludes halogenated alkanes) is 1. The van der Waals surface area contributed by atoms with Gasteiger partial charge in [-0.1, -0.05) is 30.3 Å². The number of hydrogen-bond donors (Lipinski definition) is 1. The van der Waals surface area contributed by atoms with E-state index in [2.05, 4.69) is 10.3 Å². The van der Waals surface area contributed by atoms with Crippen molar-refractivity contribution in [1.82, 2.24) is 10.3 Å². The highest BCUT2D eigenvalue weighted by Gasteiger charge is 2.25. The number of rotatable bonds is 9. The molecule has 0 unspecified atom stereocenters. The van der Waals surface area contributed by atoms with E-state index >= 15 is 0 Å². The first-order valence-corrected chi connectivity index (χ1v) is 10.6. The van der Waals surface area contributed by atoms with Crippen molar-refractivity contribution >= 4 is 12.0 Å². The number of carbonyl (C=O) groups is 2. The number of oxazole rings is 1. The maximum absolute atomic E-state index is 11.4. The van der Waals surface area contributed by atoms with Crippen LogP contribution in [-0.2, 0) is 22.4 Å². The lowest BCUT2D eigenvalue weighted by molar-refractivity contribution is -0.116. The van der Waals surface area contributed by atoms with Gasteiger partial charge in [0, 0.05) is 12.0 Å². The fourth-order valence-electron chi connectivity index (χ4n) is 3.38. The third-order valence-corrected chi connectivity index (χ3v) is 5.09. The van der Waals surface area contributed by atoms with E-state index in [0.29, 0.717) is 25.3 Å². The molecule has 1 aliphatic heterocycles. The Bertz CT molecular complexity index is 1120. The SMILES string of the molecule is Cc1oc(-c2ccccc2)nc1CCOc1ccc(CCC/C=C2/OC(=O)NC2=O)cc1. The van der Waals surface area contributed by atoms with Crippen LogP contribution in [0.2, 0.25) is 0 Å². The molecule has 0 spiro atoms. The summed E-state index contributed by atoms with van der Waals surface area (Å²) in [6.07, 6.45) is 3.93. The number of ether oxygens (including phenoxy) is 2. The van der Waals surface area contributed by atoms with Crippen LogP contribution in [0.4, 0.5) is 4.79 Å². The van der Waals surface area contributed by atoms with Crippen LogP contribution in [-0.4, -0.2) is 23.6 Å². The van der Waals surface area contributed by atoms with E-state index in [9.17, 15) is 9.59 Å². The minimum absolute atomic E-state index is 0.0805. The summed E-state index contributed by atoms with van der Waals surface area (Å²) >= 11 is 0. The van der Waals surface area contributed by atoms with Crippen LogP contribution in [0.3, 0.4) is 0 Å². The van der Waals surface area contributed by atoms with Gasteiger partial charge < -0.3 is 13.9 Å². The number of aromatic nitrogens is 1. The van der Waals surface area contributed by atoms with E-state index < -0.39 is 12.0 Å². The lowest BCUT2D eigenvalue weighted by atomic mass is 10.1. The van der Waals surface area contributed by atoms with Gasteiger partial charge in [0.2, 0.25) is 5.89 Å². The van der Waals surface area contributed by atoms with Crippen LogP contribution in [0.15, 0.2) is 70.8 Å². The average molecular weight is 432 g/mol. The van der Waals surface area contributed by atoms with Crippen molar-refractivity contribution in [2.75, 3.05) is 6.61 Å². The molecule has 2 heterocycles. The third-order valence-electron chi connectivity index (χ3n) is 5.09. The van der Waals surface area contributed by atoms with Crippen molar-refractivity contribution < 1.29 is 23.5 Å². The van der Waals surface area contributed by atoms with Crippen LogP contribution in [0, 0.1) is 6.92 Å². The maximum Gasteiger partial charge on any atom is 0.419 e. The van der Waals surface area contributed by atoms with Gasteiger partial charge in [-0.15, -0.1) is 0 Å². The van der Waals surface area contributed by atoms with Crippen LogP contribution >= 0.6 is 0 Å². The topological polar surface area (TPSA) is 90.7 Å². The zero-order valence-electron chi connectivity index (χ0n) is 17.8. The molecule has 0 aliphatic carbocycles. The first-order chi connectivity index (χ1) is 15.6. The van der Waals surface area contributed by atoms with Gasteiger partial charge in [0.15, 0.2) is 5.76 Å². The molecule has 0 atom stereocenters. The molecule has 1 aromatic heterocycles. The monoisotopic (exact) mass is 432 g/mol. The van der Waals surface area contributed by atoms with Crippen LogP contribution in [0.25, 0.3) is 11.5 Å². The van der Waals surface area contributed by atoms with E-state index in [-0.39, 0.29) is 5.76 Å². The van der Waals surface area contributed by atoms with Crippen molar-refractivity contribution in [2.24, 2.45) is 0 Å². The molecule has 1 saturated heterocycles. The number of alkyl carbamates (subject to hydrolysis) is 1. The lowest BCUT2D eigenvalue weighted by Crippen LogP contribution is -2.18. The summed E-state index contributed by atoms with van der Waals surface area (Å²) < 4.78 is 16.4. The van der Waals surface area contributed by atoms with Gasteiger partial charge in [0.05, 0.1) is 12.3 Å². The Kier molecular flexibility index (Phi) is 6.65. The predicted octanol–water partition coefficient (Wildman–Crippen LogP) is 4.74. The summed E-state index contributed by atoms with van der Waals surface area (Å²) in [5.41, 5.74) is 3.03. The first kappa shape index (κ1) is 21.4. The quantitative estimate of drug-likeness (QED) is 0.388. The number of imide groups is 1. The zero-order chi connectivity index (χ0) is 22.3. The lowest BCUT2D eigenvalue weighted by Gasteiger charge is -2.06. The maximum atomic E-state index is 11.4. The smallest absolute Gasteiger partial charge is 0.419 e. The molecule has 4 rings (SSSR count). The number of aryl methyl sites for hydroxylation is 2. The van der Waals surface area contributed by atoms with Gasteiger partial charge in [0.25, 0.3) is 5.91 Å². The number of nitrogens with one attached hydrogen (secondary N) is 1. The van der Waals surface area contributed by atoms with E-state index in [1.54, 1.807) is 6.08 Å². The molecule has 2 aromatic carbocycles. The molecular formula is C25H24N2O5. The summed E-state index contributed by atoms with van der Waals surface area (Å²) in [6.45, 7) is 2.43. The van der Waals surface area contributed by atoms with E-state index in [4.69, 9.17) is 13.9 Å². The van der Waals surface area contributed by atoms with Crippen LogP contribution < -0.4 is 10.1 Å². The van der Waals surface area contributed by atoms with E-state index in [1.165, 1.54) is 5.56 Å². The van der Waals surface area contributed by atoms with Gasteiger partial charge >= 0.3 is 6.09 Å². The molecule has 2 amide bonds. The minimum atomic E-state index is -0.716. The summed E-state index contributed by atoms with van der Waals surface area (Å²) in [6, 6.07) is 17.8. The Balaban J connectivity index is 1.22. The van der Waals surface area contributed by atoms with Crippen molar-refractivity contribution in [2.45, 2.75) is 32.6 Å². The standard InChI is InChI=1S/C25H24N2O5/c1-17-21(26-24(31-17)19-8-3-2-4-9-19)15-16-30-20-13-11-18(12-14-20)7-5-6-10-22-23(28)27-25(29)32-22/h2-4,8-14H,5-7,15-16H2,1H3,(H,27,28,29)/b22-10+. The van der Waals surface area contributed by atoms with Gasteiger partial charge in [-0.25, -0.2) is 9.78 Å². The summed E-state index contributed by atoms with van der Waals surface area (Å²) in [7, 11) is 0. The fourth-order valence-corrected chi connectivity index (χ4v) is 3.38. The Morgan fingerprint density at radius 1 is 1.03 bits per heavy atom. The largest absolute Gasteiger partial charge is 0.493 e. The van der Waals surface area contributed by atoms with Gasteiger partial charge in [-0.3, -0.25) is 10.1 Å². The Morgan fingerprint density at radius 3 is 2.53 bits per heavy atom. The molecular weight excluding hydrogens is 408 g/mol. The second kappa shape index (κ2) is 9.96. The van der Waals surface area contributed by atoms with Crippen molar-refractivity contribution in [3.8, 4) is 17.2 Å². The molecule has 1 fully saturated rings. The Hall–Kier alpha value is -3.87. The number of cyclic esters (lactones) is 1. The second-order valence-electron chi connectivity index (χ2n) is 7.43. The highest BCUT2D eigenvalue weighted by atomic mass is 16.6. The zero-order valence-corrected chi connectivity index (χ0v) is 17.8. The third kappa shape index (κ3) is 5.43. The number of allylic oxidation sites excluding steroid dienone is 1. The molecule has 1 aliphatic rings. The number of nitrogens with zero attached hydrogens (tertiary/aromatic N) is 1. The number of amides is 2. The highest BCUT2D eigenvalue weighted by molar-refractivity contribution is 6.07.